The normalized spacial score (nSPS) is 25.4. The van der Waals surface area contributed by atoms with Crippen LogP contribution in [-0.4, -0.2) is 22.8 Å². The number of carbonyl (C=O) groups is 1. The Morgan fingerprint density at radius 3 is 2.15 bits per heavy atom. The quantitative estimate of drug-likeness (QED) is 0.786. The zero-order valence-electron chi connectivity index (χ0n) is 14.7. The van der Waals surface area contributed by atoms with Crippen molar-refractivity contribution >= 4 is 5.78 Å². The molecule has 2 aliphatic heterocycles. The molecule has 2 fully saturated rings. The predicted octanol–water partition coefficient (Wildman–Crippen LogP) is 4.52. The molecule has 0 aliphatic carbocycles. The minimum Gasteiger partial charge on any atom is -0.299 e. The number of fused-ring (bicyclic) bond motifs is 2. The van der Waals surface area contributed by atoms with Crippen LogP contribution in [-0.2, 0) is 17.8 Å². The Bertz CT molecular complexity index is 758. The molecule has 0 spiro atoms. The Kier molecular flexibility index (Phi) is 4.86. The maximum Gasteiger partial charge on any atom is 0.140 e. The zero-order valence-corrected chi connectivity index (χ0v) is 14.7. The fourth-order valence-electron chi connectivity index (χ4n) is 4.61. The molecule has 2 aromatic carbocycles. The summed E-state index contributed by atoms with van der Waals surface area (Å²) in [5, 5.41) is 0. The van der Waals surface area contributed by atoms with Gasteiger partial charge in [0.25, 0.3) is 0 Å². The average Bonchev–Trinajstić information content (AvgIpc) is 2.87. The maximum atomic E-state index is 13.8. The Labute approximate surface area is 152 Å². The van der Waals surface area contributed by atoms with Gasteiger partial charge in [0.2, 0.25) is 0 Å². The molecular formula is C22H23F2NO. The van der Waals surface area contributed by atoms with Gasteiger partial charge in [-0.25, -0.2) is 8.78 Å². The monoisotopic (exact) mass is 355 g/mol. The third kappa shape index (κ3) is 3.43. The van der Waals surface area contributed by atoms with Gasteiger partial charge in [0.15, 0.2) is 0 Å². The van der Waals surface area contributed by atoms with Crippen molar-refractivity contribution in [3.05, 3.63) is 71.3 Å². The molecule has 0 aromatic heterocycles. The van der Waals surface area contributed by atoms with E-state index in [2.05, 4.69) is 29.2 Å². The summed E-state index contributed by atoms with van der Waals surface area (Å²) in [6.07, 6.45) is 3.68. The summed E-state index contributed by atoms with van der Waals surface area (Å²) in [6.45, 7) is 0.916. The number of Topliss-reactive ketones (excluding diaryl/α,β-unsaturated/α-hetero) is 1. The summed E-state index contributed by atoms with van der Waals surface area (Å²) in [7, 11) is 0. The van der Waals surface area contributed by atoms with Crippen molar-refractivity contribution in [1.29, 1.82) is 0 Å². The minimum atomic E-state index is -0.622. The van der Waals surface area contributed by atoms with Gasteiger partial charge in [-0.05, 0) is 43.4 Å². The summed E-state index contributed by atoms with van der Waals surface area (Å²) < 4.78 is 27.7. The van der Waals surface area contributed by atoms with Crippen LogP contribution in [0.15, 0.2) is 48.5 Å². The summed E-state index contributed by atoms with van der Waals surface area (Å²) in [4.78, 5) is 15.2. The van der Waals surface area contributed by atoms with Crippen LogP contribution in [0.4, 0.5) is 8.78 Å². The first kappa shape index (κ1) is 17.3. The molecule has 4 heteroatoms. The van der Waals surface area contributed by atoms with Crippen LogP contribution in [0.3, 0.4) is 0 Å². The molecule has 2 nitrogen and oxygen atoms in total. The van der Waals surface area contributed by atoms with E-state index in [1.807, 2.05) is 6.07 Å². The van der Waals surface area contributed by atoms with Gasteiger partial charge in [0, 0.05) is 36.5 Å². The number of nitrogens with zero attached hydrogens (tertiary/aromatic N) is 1. The van der Waals surface area contributed by atoms with Gasteiger partial charge in [0.05, 0.1) is 0 Å². The Balaban J connectivity index is 1.43. The lowest BCUT2D eigenvalue weighted by Crippen LogP contribution is -2.44. The summed E-state index contributed by atoms with van der Waals surface area (Å²) >= 11 is 0. The van der Waals surface area contributed by atoms with Crippen molar-refractivity contribution < 1.29 is 13.6 Å². The second-order valence-electron chi connectivity index (χ2n) is 7.55. The van der Waals surface area contributed by atoms with Crippen molar-refractivity contribution in [3.8, 4) is 0 Å². The predicted molar refractivity (Wildman–Crippen MR) is 96.6 cm³/mol. The largest absolute Gasteiger partial charge is 0.299 e. The van der Waals surface area contributed by atoms with E-state index in [-0.39, 0.29) is 23.7 Å². The van der Waals surface area contributed by atoms with E-state index in [1.165, 1.54) is 23.8 Å². The van der Waals surface area contributed by atoms with Crippen LogP contribution < -0.4 is 0 Å². The number of halogens is 2. The molecule has 0 N–H and O–H groups in total. The zero-order chi connectivity index (χ0) is 18.1. The molecule has 2 aromatic rings. The van der Waals surface area contributed by atoms with E-state index < -0.39 is 11.6 Å². The first-order valence-electron chi connectivity index (χ1n) is 9.37. The van der Waals surface area contributed by atoms with Gasteiger partial charge in [-0.2, -0.15) is 0 Å². The van der Waals surface area contributed by atoms with Crippen molar-refractivity contribution in [2.45, 2.75) is 50.7 Å². The molecule has 0 saturated carbocycles. The smallest absolute Gasteiger partial charge is 0.140 e. The highest BCUT2D eigenvalue weighted by Gasteiger charge is 2.42. The number of ketones is 1. The average molecular weight is 355 g/mol. The minimum absolute atomic E-state index is 0.0229. The molecule has 2 heterocycles. The SMILES string of the molecule is O=C(Cc1c(F)cccc1F)C1CC2CCC(C1)N2Cc1ccccc1. The van der Waals surface area contributed by atoms with Crippen LogP contribution in [0.1, 0.15) is 36.8 Å². The Hall–Kier alpha value is -2.07. The number of benzene rings is 2. The summed E-state index contributed by atoms with van der Waals surface area (Å²) in [5.74, 6) is -1.35. The van der Waals surface area contributed by atoms with E-state index in [0.29, 0.717) is 12.1 Å². The Morgan fingerprint density at radius 1 is 0.923 bits per heavy atom. The molecule has 26 heavy (non-hydrogen) atoms. The number of hydrogen-bond donors (Lipinski definition) is 0. The third-order valence-electron chi connectivity index (χ3n) is 5.96. The van der Waals surface area contributed by atoms with Crippen LogP contribution in [0, 0.1) is 17.6 Å². The molecule has 2 unspecified atom stereocenters. The van der Waals surface area contributed by atoms with Crippen molar-refractivity contribution in [2.24, 2.45) is 5.92 Å². The topological polar surface area (TPSA) is 20.3 Å². The highest BCUT2D eigenvalue weighted by Crippen LogP contribution is 2.40. The summed E-state index contributed by atoms with van der Waals surface area (Å²) in [6, 6.07) is 15.0. The van der Waals surface area contributed by atoms with Gasteiger partial charge in [0.1, 0.15) is 17.4 Å². The van der Waals surface area contributed by atoms with Crippen LogP contribution in [0.2, 0.25) is 0 Å². The van der Waals surface area contributed by atoms with Gasteiger partial charge in [-0.1, -0.05) is 36.4 Å². The maximum absolute atomic E-state index is 13.8. The van der Waals surface area contributed by atoms with E-state index in [1.54, 1.807) is 0 Å². The molecule has 0 amide bonds. The number of hydrogen-bond acceptors (Lipinski definition) is 2. The first-order chi connectivity index (χ1) is 12.6. The Morgan fingerprint density at radius 2 is 1.54 bits per heavy atom. The lowest BCUT2D eigenvalue weighted by atomic mass is 9.84. The van der Waals surface area contributed by atoms with Crippen molar-refractivity contribution in [2.75, 3.05) is 0 Å². The number of rotatable bonds is 5. The van der Waals surface area contributed by atoms with Gasteiger partial charge in [-0.15, -0.1) is 0 Å². The van der Waals surface area contributed by atoms with Gasteiger partial charge in [-0.3, -0.25) is 9.69 Å². The molecule has 4 rings (SSSR count). The molecular weight excluding hydrogens is 332 g/mol. The molecule has 2 aliphatic rings. The van der Waals surface area contributed by atoms with Crippen LogP contribution >= 0.6 is 0 Å². The molecule has 136 valence electrons. The third-order valence-corrected chi connectivity index (χ3v) is 5.96. The number of carbonyl (C=O) groups excluding carboxylic acids is 1. The van der Waals surface area contributed by atoms with Crippen LogP contribution in [0.5, 0.6) is 0 Å². The van der Waals surface area contributed by atoms with E-state index in [9.17, 15) is 13.6 Å². The van der Waals surface area contributed by atoms with Gasteiger partial charge < -0.3 is 0 Å². The second kappa shape index (κ2) is 7.28. The highest BCUT2D eigenvalue weighted by atomic mass is 19.1. The van der Waals surface area contributed by atoms with E-state index in [4.69, 9.17) is 0 Å². The fourth-order valence-corrected chi connectivity index (χ4v) is 4.61. The lowest BCUT2D eigenvalue weighted by molar-refractivity contribution is -0.124. The fraction of sp³-hybridized carbons (Fsp3) is 0.409. The van der Waals surface area contributed by atoms with Crippen molar-refractivity contribution in [1.82, 2.24) is 4.90 Å². The molecule has 2 bridgehead atoms. The van der Waals surface area contributed by atoms with Gasteiger partial charge >= 0.3 is 0 Å². The van der Waals surface area contributed by atoms with E-state index >= 15 is 0 Å². The second-order valence-corrected chi connectivity index (χ2v) is 7.55. The van der Waals surface area contributed by atoms with Crippen molar-refractivity contribution in [3.63, 3.8) is 0 Å². The summed E-state index contributed by atoms with van der Waals surface area (Å²) in [5.41, 5.74) is 1.21. The van der Waals surface area contributed by atoms with Crippen LogP contribution in [0.25, 0.3) is 0 Å². The molecule has 0 radical (unpaired) electrons. The molecule has 2 saturated heterocycles. The highest BCUT2D eigenvalue weighted by molar-refractivity contribution is 5.83. The number of piperidine rings is 1. The lowest BCUT2D eigenvalue weighted by Gasteiger charge is -2.38. The molecule has 2 atom stereocenters. The standard InChI is InChI=1S/C22H23F2NO/c23-20-7-4-8-21(24)19(20)13-22(26)16-11-17-9-10-18(12-16)25(17)14-15-5-2-1-3-6-15/h1-8,16-18H,9-14H2. The van der Waals surface area contributed by atoms with E-state index in [0.717, 1.165) is 32.2 Å². The first-order valence-corrected chi connectivity index (χ1v) is 9.37.